The highest BCUT2D eigenvalue weighted by Crippen LogP contribution is 2.30. The summed E-state index contributed by atoms with van der Waals surface area (Å²) in [6.45, 7) is 7.33. The fraction of sp³-hybridized carbons (Fsp3) is 0.250. The van der Waals surface area contributed by atoms with E-state index >= 15 is 0 Å². The van der Waals surface area contributed by atoms with E-state index in [9.17, 15) is 4.39 Å². The van der Waals surface area contributed by atoms with Crippen LogP contribution in [0.2, 0.25) is 0 Å². The van der Waals surface area contributed by atoms with E-state index in [4.69, 9.17) is 0 Å². The van der Waals surface area contributed by atoms with E-state index in [0.717, 1.165) is 29.9 Å². The number of hydrogen-bond donors (Lipinski definition) is 0. The molecule has 1 aliphatic heterocycles. The maximum absolute atomic E-state index is 13.6. The van der Waals surface area contributed by atoms with Crippen LogP contribution in [-0.4, -0.2) is 4.57 Å². The summed E-state index contributed by atoms with van der Waals surface area (Å²) in [5.74, 6) is 0.985. The van der Waals surface area contributed by atoms with Crippen LogP contribution in [0, 0.1) is 26.6 Å². The Bertz CT molecular complexity index is 898. The summed E-state index contributed by atoms with van der Waals surface area (Å²) in [5.41, 5.74) is 7.24. The molecule has 4 rings (SSSR count). The van der Waals surface area contributed by atoms with Gasteiger partial charge in [0.05, 0.1) is 12.1 Å². The molecule has 2 heterocycles. The van der Waals surface area contributed by atoms with Gasteiger partial charge in [0.15, 0.2) is 0 Å². The fourth-order valence-electron chi connectivity index (χ4n) is 3.85. The summed E-state index contributed by atoms with van der Waals surface area (Å²) in [4.78, 5) is 0. The number of nitrogens with zero attached hydrogens (tertiary/aromatic N) is 2. The van der Waals surface area contributed by atoms with Gasteiger partial charge in [0.2, 0.25) is 0 Å². The lowest BCUT2D eigenvalue weighted by molar-refractivity contribution is -0.686. The number of aromatic nitrogens is 2. The molecule has 3 heteroatoms. The quantitative estimate of drug-likeness (QED) is 0.600. The van der Waals surface area contributed by atoms with Crippen molar-refractivity contribution < 1.29 is 8.96 Å². The minimum Gasteiger partial charge on any atom is -0.229 e. The Labute approximate surface area is 135 Å². The van der Waals surface area contributed by atoms with E-state index < -0.39 is 0 Å². The van der Waals surface area contributed by atoms with Crippen LogP contribution < -0.4 is 4.57 Å². The van der Waals surface area contributed by atoms with E-state index in [1.807, 2.05) is 6.07 Å². The Kier molecular flexibility index (Phi) is 3.12. The predicted molar refractivity (Wildman–Crippen MR) is 89.3 cm³/mol. The molecule has 116 valence electrons. The summed E-state index contributed by atoms with van der Waals surface area (Å²) in [5, 5.41) is 0. The largest absolute Gasteiger partial charge is 0.294 e. The molecule has 0 amide bonds. The van der Waals surface area contributed by atoms with Crippen LogP contribution in [-0.2, 0) is 13.0 Å². The molecule has 0 aliphatic carbocycles. The Morgan fingerprint density at radius 3 is 2.52 bits per heavy atom. The number of imidazole rings is 1. The highest BCUT2D eigenvalue weighted by atomic mass is 19.1. The molecular formula is C20H20FN2+. The maximum Gasteiger partial charge on any atom is 0.294 e. The van der Waals surface area contributed by atoms with Gasteiger partial charge in [-0.25, -0.2) is 8.96 Å². The molecule has 0 spiro atoms. The Morgan fingerprint density at radius 2 is 1.78 bits per heavy atom. The van der Waals surface area contributed by atoms with Crippen molar-refractivity contribution in [2.24, 2.45) is 0 Å². The van der Waals surface area contributed by atoms with Gasteiger partial charge in [0.1, 0.15) is 23.9 Å². The van der Waals surface area contributed by atoms with Crippen LogP contribution in [0.5, 0.6) is 0 Å². The van der Waals surface area contributed by atoms with Gasteiger partial charge in [-0.15, -0.1) is 0 Å². The van der Waals surface area contributed by atoms with Crippen molar-refractivity contribution in [3.05, 3.63) is 70.8 Å². The zero-order chi connectivity index (χ0) is 16.1. The molecule has 0 unspecified atom stereocenters. The molecule has 0 fully saturated rings. The van der Waals surface area contributed by atoms with Crippen LogP contribution in [0.25, 0.3) is 17.1 Å². The lowest BCUT2D eigenvalue weighted by atomic mass is 9.99. The van der Waals surface area contributed by atoms with E-state index in [1.54, 1.807) is 12.1 Å². The molecular weight excluding hydrogens is 287 g/mol. The normalized spacial score (nSPS) is 12.9. The van der Waals surface area contributed by atoms with Gasteiger partial charge in [-0.3, -0.25) is 0 Å². The molecule has 0 bridgehead atoms. The topological polar surface area (TPSA) is 8.81 Å². The first-order chi connectivity index (χ1) is 11.0. The second-order valence-corrected chi connectivity index (χ2v) is 6.48. The number of benzene rings is 2. The van der Waals surface area contributed by atoms with E-state index in [0.29, 0.717) is 0 Å². The summed E-state index contributed by atoms with van der Waals surface area (Å²) < 4.78 is 18.1. The highest BCUT2D eigenvalue weighted by molar-refractivity contribution is 5.63. The van der Waals surface area contributed by atoms with Crippen molar-refractivity contribution in [1.29, 1.82) is 0 Å². The van der Waals surface area contributed by atoms with E-state index in [2.05, 4.69) is 54.4 Å². The van der Waals surface area contributed by atoms with Gasteiger partial charge in [0, 0.05) is 6.42 Å². The summed E-state index contributed by atoms with van der Waals surface area (Å²) >= 11 is 0. The van der Waals surface area contributed by atoms with Crippen molar-refractivity contribution >= 4 is 0 Å². The van der Waals surface area contributed by atoms with Gasteiger partial charge in [-0.2, -0.15) is 4.57 Å². The van der Waals surface area contributed by atoms with Crippen molar-refractivity contribution in [3.8, 4) is 17.1 Å². The number of hydrogen-bond acceptors (Lipinski definition) is 0. The third kappa shape index (κ3) is 2.19. The van der Waals surface area contributed by atoms with Gasteiger partial charge < -0.3 is 0 Å². The standard InChI is InChI=1S/C20H20FN2/c1-13-10-14(2)19(15(3)11-13)23-9-8-22-7-6-16-12-17(21)4-5-18(16)20(22)23/h4-5,8-12H,6-7H2,1-3H3/q+1. The molecule has 1 aliphatic rings. The molecule has 0 radical (unpaired) electrons. The number of fused-ring (bicyclic) bond motifs is 3. The smallest absolute Gasteiger partial charge is 0.229 e. The SMILES string of the molecule is Cc1cc(C)c(-n2cc[n+]3c2-c2ccc(F)cc2CC3)c(C)c1. The minimum absolute atomic E-state index is 0.155. The molecule has 0 saturated heterocycles. The Balaban J connectivity index is 1.99. The van der Waals surface area contributed by atoms with E-state index in [-0.39, 0.29) is 5.82 Å². The second kappa shape index (κ2) is 5.05. The zero-order valence-corrected chi connectivity index (χ0v) is 13.7. The van der Waals surface area contributed by atoms with Gasteiger partial charge >= 0.3 is 0 Å². The van der Waals surface area contributed by atoms with Gasteiger partial charge in [-0.05, 0) is 55.7 Å². The minimum atomic E-state index is -0.155. The monoisotopic (exact) mass is 307 g/mol. The third-order valence-electron chi connectivity index (χ3n) is 4.70. The summed E-state index contributed by atoms with van der Waals surface area (Å²) in [7, 11) is 0. The average Bonchev–Trinajstić information content (AvgIpc) is 2.90. The second-order valence-electron chi connectivity index (χ2n) is 6.48. The van der Waals surface area contributed by atoms with Crippen molar-refractivity contribution in [1.82, 2.24) is 4.57 Å². The number of aryl methyl sites for hydroxylation is 5. The van der Waals surface area contributed by atoms with Crippen molar-refractivity contribution in [2.75, 3.05) is 0 Å². The Morgan fingerprint density at radius 1 is 1.04 bits per heavy atom. The molecule has 0 N–H and O–H groups in total. The number of rotatable bonds is 1. The number of halogens is 1. The average molecular weight is 307 g/mol. The van der Waals surface area contributed by atoms with Crippen molar-refractivity contribution in [2.45, 2.75) is 33.7 Å². The molecule has 0 saturated carbocycles. The molecule has 2 nitrogen and oxygen atoms in total. The van der Waals surface area contributed by atoms with Crippen LogP contribution in [0.4, 0.5) is 4.39 Å². The van der Waals surface area contributed by atoms with Crippen LogP contribution in [0.1, 0.15) is 22.3 Å². The zero-order valence-electron chi connectivity index (χ0n) is 13.7. The molecule has 23 heavy (non-hydrogen) atoms. The van der Waals surface area contributed by atoms with Crippen molar-refractivity contribution in [3.63, 3.8) is 0 Å². The molecule has 2 aromatic carbocycles. The lowest BCUT2D eigenvalue weighted by Crippen LogP contribution is -2.39. The Hall–Kier alpha value is -2.42. The van der Waals surface area contributed by atoms with Gasteiger partial charge in [-0.1, -0.05) is 17.7 Å². The van der Waals surface area contributed by atoms with E-state index in [1.165, 1.54) is 22.4 Å². The first-order valence-corrected chi connectivity index (χ1v) is 8.02. The first kappa shape index (κ1) is 14.2. The fourth-order valence-corrected chi connectivity index (χ4v) is 3.85. The predicted octanol–water partition coefficient (Wildman–Crippen LogP) is 4.05. The summed E-state index contributed by atoms with van der Waals surface area (Å²) in [6.07, 6.45) is 5.12. The summed E-state index contributed by atoms with van der Waals surface area (Å²) in [6, 6.07) is 9.57. The van der Waals surface area contributed by atoms with Gasteiger partial charge in [0.25, 0.3) is 5.82 Å². The van der Waals surface area contributed by atoms with Crippen LogP contribution in [0.3, 0.4) is 0 Å². The highest BCUT2D eigenvalue weighted by Gasteiger charge is 2.29. The molecule has 3 aromatic rings. The third-order valence-corrected chi connectivity index (χ3v) is 4.70. The lowest BCUT2D eigenvalue weighted by Gasteiger charge is -2.16. The maximum atomic E-state index is 13.6. The van der Waals surface area contributed by atoms with Crippen LogP contribution in [0.15, 0.2) is 42.7 Å². The molecule has 1 aromatic heterocycles. The molecule has 0 atom stereocenters. The first-order valence-electron chi connectivity index (χ1n) is 8.02. The van der Waals surface area contributed by atoms with Crippen LogP contribution >= 0.6 is 0 Å².